The summed E-state index contributed by atoms with van der Waals surface area (Å²) in [5, 5.41) is 0. The number of hydrogen-bond acceptors (Lipinski definition) is 5. The number of alkyl halides is 2. The zero-order valence-electron chi connectivity index (χ0n) is 14.1. The number of halogens is 2. The highest BCUT2D eigenvalue weighted by molar-refractivity contribution is 6.07. The minimum absolute atomic E-state index is 0.0601. The number of cyclic esters (lactones) is 1. The van der Waals surface area contributed by atoms with Crippen LogP contribution < -0.4 is 9.80 Å². The highest BCUT2D eigenvalue weighted by atomic mass is 19.3. The Morgan fingerprint density at radius 3 is 2.73 bits per heavy atom. The van der Waals surface area contributed by atoms with Crippen molar-refractivity contribution in [2.24, 2.45) is 0 Å². The molecule has 0 saturated carbocycles. The number of ether oxygens (including phenoxy) is 2. The zero-order chi connectivity index (χ0) is 18.8. The fraction of sp³-hybridized carbons (Fsp3) is 0.471. The van der Waals surface area contributed by atoms with Crippen LogP contribution in [-0.2, 0) is 31.4 Å². The Kier molecular flexibility index (Phi) is 3.47. The molecular formula is C17H16F2N2O5. The summed E-state index contributed by atoms with van der Waals surface area (Å²) in [6.45, 7) is 0. The van der Waals surface area contributed by atoms with Gasteiger partial charge in [0.05, 0.1) is 30.1 Å². The van der Waals surface area contributed by atoms with Crippen LogP contribution >= 0.6 is 0 Å². The van der Waals surface area contributed by atoms with Crippen molar-refractivity contribution in [3.05, 3.63) is 23.3 Å². The number of nitrogens with zero attached hydrogens (tertiary/aromatic N) is 2. The number of rotatable bonds is 3. The lowest BCUT2D eigenvalue weighted by molar-refractivity contribution is -0.141. The Morgan fingerprint density at radius 1 is 1.35 bits per heavy atom. The molecule has 9 heteroatoms. The van der Waals surface area contributed by atoms with Gasteiger partial charge in [0.25, 0.3) is 0 Å². The predicted molar refractivity (Wildman–Crippen MR) is 85.2 cm³/mol. The molecule has 3 heterocycles. The third kappa shape index (κ3) is 2.06. The second-order valence-electron chi connectivity index (χ2n) is 6.57. The van der Waals surface area contributed by atoms with E-state index < -0.39 is 36.0 Å². The molecule has 2 amide bonds. The Balaban J connectivity index is 1.70. The molecule has 0 N–H and O–H groups in total. The van der Waals surface area contributed by atoms with E-state index in [0.29, 0.717) is 5.69 Å². The molecule has 3 aliphatic heterocycles. The van der Waals surface area contributed by atoms with Crippen molar-refractivity contribution in [3.63, 3.8) is 0 Å². The number of fused-ring (bicyclic) bond motifs is 5. The first kappa shape index (κ1) is 16.7. The van der Waals surface area contributed by atoms with Gasteiger partial charge in [0.1, 0.15) is 6.10 Å². The van der Waals surface area contributed by atoms with Crippen LogP contribution in [0.1, 0.15) is 24.0 Å². The average Bonchev–Trinajstić information content (AvgIpc) is 3.19. The second kappa shape index (κ2) is 5.39. The van der Waals surface area contributed by atoms with Gasteiger partial charge in [-0.1, -0.05) is 0 Å². The molecule has 3 aliphatic rings. The van der Waals surface area contributed by atoms with Crippen LogP contribution in [0.5, 0.6) is 0 Å². The lowest BCUT2D eigenvalue weighted by Crippen LogP contribution is -2.33. The molecule has 0 aliphatic carbocycles. The fourth-order valence-corrected chi connectivity index (χ4v) is 4.00. The molecule has 0 aromatic heterocycles. The molecule has 0 spiro atoms. The van der Waals surface area contributed by atoms with Gasteiger partial charge in [-0.05, 0) is 30.5 Å². The van der Waals surface area contributed by atoms with Gasteiger partial charge >= 0.3 is 23.9 Å². The van der Waals surface area contributed by atoms with Crippen molar-refractivity contribution < 1.29 is 32.6 Å². The van der Waals surface area contributed by atoms with E-state index in [1.807, 2.05) is 0 Å². The monoisotopic (exact) mass is 366 g/mol. The molecule has 0 unspecified atom stereocenters. The summed E-state index contributed by atoms with van der Waals surface area (Å²) >= 11 is 0. The molecule has 26 heavy (non-hydrogen) atoms. The molecule has 7 nitrogen and oxygen atoms in total. The van der Waals surface area contributed by atoms with Crippen LogP contribution in [0.3, 0.4) is 0 Å². The number of anilines is 2. The first-order valence-electron chi connectivity index (χ1n) is 8.16. The summed E-state index contributed by atoms with van der Waals surface area (Å²) in [6, 6.07) is 2.50. The van der Waals surface area contributed by atoms with Gasteiger partial charge in [-0.15, -0.1) is 0 Å². The maximum absolute atomic E-state index is 14.5. The molecule has 1 aromatic rings. The minimum atomic E-state index is -3.62. The average molecular weight is 366 g/mol. The van der Waals surface area contributed by atoms with Gasteiger partial charge in [-0.3, -0.25) is 14.5 Å². The van der Waals surface area contributed by atoms with Crippen LogP contribution in [0, 0.1) is 0 Å². The van der Waals surface area contributed by atoms with Crippen molar-refractivity contribution in [2.75, 3.05) is 24.0 Å². The molecule has 1 saturated heterocycles. The molecule has 1 aromatic carbocycles. The Bertz CT molecular complexity index is 841. The van der Waals surface area contributed by atoms with Crippen molar-refractivity contribution in [2.45, 2.75) is 37.3 Å². The number of hydrogen-bond donors (Lipinski definition) is 0. The first-order chi connectivity index (χ1) is 12.3. The van der Waals surface area contributed by atoms with E-state index in [1.54, 1.807) is 6.07 Å². The number of carbonyl (C=O) groups is 3. The quantitative estimate of drug-likeness (QED) is 0.765. The Hall–Kier alpha value is -2.71. The summed E-state index contributed by atoms with van der Waals surface area (Å²) in [5.74, 6) is -5.34. The zero-order valence-corrected chi connectivity index (χ0v) is 14.1. The van der Waals surface area contributed by atoms with Crippen molar-refractivity contribution in [1.82, 2.24) is 0 Å². The van der Waals surface area contributed by atoms with Crippen LogP contribution in [-0.4, -0.2) is 44.3 Å². The summed E-state index contributed by atoms with van der Waals surface area (Å²) < 4.78 is 38.9. The van der Waals surface area contributed by atoms with Crippen molar-refractivity contribution >= 4 is 29.3 Å². The van der Waals surface area contributed by atoms with Crippen LogP contribution in [0.25, 0.3) is 0 Å². The lowest BCUT2D eigenvalue weighted by atomic mass is 9.96. The van der Waals surface area contributed by atoms with E-state index in [2.05, 4.69) is 4.74 Å². The summed E-state index contributed by atoms with van der Waals surface area (Å²) in [5.41, 5.74) is 0.438. The van der Waals surface area contributed by atoms with Crippen molar-refractivity contribution in [3.8, 4) is 0 Å². The van der Waals surface area contributed by atoms with Crippen LogP contribution in [0.4, 0.5) is 25.0 Å². The van der Waals surface area contributed by atoms with Gasteiger partial charge in [-0.25, -0.2) is 4.79 Å². The SMILES string of the molecule is COC(=O)CC[C@@H]1OC(=O)N2c3ccc4c(c3C[C@@H]12)C(F)(F)C(=O)N4C. The van der Waals surface area contributed by atoms with Crippen LogP contribution in [0.15, 0.2) is 12.1 Å². The largest absolute Gasteiger partial charge is 0.469 e. The van der Waals surface area contributed by atoms with Crippen LogP contribution in [0.2, 0.25) is 0 Å². The highest BCUT2D eigenvalue weighted by Gasteiger charge is 2.57. The van der Waals surface area contributed by atoms with Gasteiger partial charge in [0, 0.05) is 13.5 Å². The van der Waals surface area contributed by atoms with E-state index in [1.165, 1.54) is 25.1 Å². The Morgan fingerprint density at radius 2 is 2.04 bits per heavy atom. The van der Waals surface area contributed by atoms with E-state index in [4.69, 9.17) is 4.74 Å². The molecule has 138 valence electrons. The van der Waals surface area contributed by atoms with E-state index in [-0.39, 0.29) is 36.1 Å². The number of methoxy groups -OCH3 is 1. The molecule has 4 rings (SSSR count). The summed E-state index contributed by atoms with van der Waals surface area (Å²) in [6.07, 6.45) is -0.791. The Labute approximate surface area is 147 Å². The maximum Gasteiger partial charge on any atom is 0.415 e. The lowest BCUT2D eigenvalue weighted by Gasteiger charge is -2.16. The van der Waals surface area contributed by atoms with Gasteiger partial charge in [-0.2, -0.15) is 8.78 Å². The number of likely N-dealkylation sites (N-methyl/N-ethyl adjacent to an activating group) is 1. The van der Waals surface area contributed by atoms with E-state index in [0.717, 1.165) is 4.90 Å². The van der Waals surface area contributed by atoms with Crippen molar-refractivity contribution in [1.29, 1.82) is 0 Å². The predicted octanol–water partition coefficient (Wildman–Crippen LogP) is 1.96. The second-order valence-corrected chi connectivity index (χ2v) is 6.57. The van der Waals surface area contributed by atoms with E-state index >= 15 is 0 Å². The smallest absolute Gasteiger partial charge is 0.415 e. The highest BCUT2D eigenvalue weighted by Crippen LogP contribution is 2.52. The number of carbonyl (C=O) groups excluding carboxylic acids is 3. The third-order valence-corrected chi connectivity index (χ3v) is 5.26. The molecule has 0 bridgehead atoms. The molecular weight excluding hydrogens is 350 g/mol. The van der Waals surface area contributed by atoms with E-state index in [9.17, 15) is 23.2 Å². The normalized spacial score (nSPS) is 25.1. The number of amides is 2. The fourth-order valence-electron chi connectivity index (χ4n) is 4.00. The minimum Gasteiger partial charge on any atom is -0.469 e. The maximum atomic E-state index is 14.5. The molecule has 0 radical (unpaired) electrons. The molecule has 2 atom stereocenters. The van der Waals surface area contributed by atoms with Gasteiger partial charge < -0.3 is 14.4 Å². The third-order valence-electron chi connectivity index (χ3n) is 5.26. The molecule has 1 fully saturated rings. The topological polar surface area (TPSA) is 76.1 Å². The summed E-state index contributed by atoms with van der Waals surface area (Å²) in [7, 11) is 2.57. The summed E-state index contributed by atoms with van der Waals surface area (Å²) in [4.78, 5) is 37.8. The number of benzene rings is 1. The first-order valence-corrected chi connectivity index (χ1v) is 8.16. The van der Waals surface area contributed by atoms with Gasteiger partial charge in [0.2, 0.25) is 0 Å². The standard InChI is InChI=1S/C17H16F2N2O5/c1-20-10-4-3-9-8(14(10)17(18,19)15(20)23)7-11-12(5-6-13(22)25-2)26-16(24)21(9)11/h3-4,11-12H,5-7H2,1-2H3/t11-,12-/m0/s1. The van der Waals surface area contributed by atoms with Gasteiger partial charge in [0.15, 0.2) is 0 Å². The number of esters is 1.